The SMILES string of the molecule is COc1c(O)cc(C=C(C#N)C#N)cc1[N+](=O)[O-]. The standard InChI is InChI=1S/C11H7N3O4/c1-18-11-9(14(16)17)3-7(4-10(11)15)2-8(5-12)6-13/h2-4,15H,1H3. The minimum absolute atomic E-state index is 0.165. The minimum atomic E-state index is -0.728. The molecule has 0 atom stereocenters. The normalized spacial score (nSPS) is 8.83. The summed E-state index contributed by atoms with van der Waals surface area (Å²) in [6, 6.07) is 5.50. The summed E-state index contributed by atoms with van der Waals surface area (Å²) in [6.45, 7) is 0. The lowest BCUT2D eigenvalue weighted by Crippen LogP contribution is -1.95. The highest BCUT2D eigenvalue weighted by atomic mass is 16.6. The molecule has 0 spiro atoms. The first-order chi connectivity index (χ1) is 8.53. The van der Waals surface area contributed by atoms with Crippen LogP contribution in [0.5, 0.6) is 11.5 Å². The second-order valence-corrected chi connectivity index (χ2v) is 3.13. The van der Waals surface area contributed by atoms with Crippen molar-refractivity contribution in [2.45, 2.75) is 0 Å². The monoisotopic (exact) mass is 245 g/mol. The topological polar surface area (TPSA) is 120 Å². The number of hydrogen-bond acceptors (Lipinski definition) is 6. The van der Waals surface area contributed by atoms with Crippen LogP contribution in [-0.2, 0) is 0 Å². The van der Waals surface area contributed by atoms with Gasteiger partial charge in [-0.2, -0.15) is 10.5 Å². The number of methoxy groups -OCH3 is 1. The Balaban J connectivity index is 3.45. The number of aromatic hydroxyl groups is 1. The van der Waals surface area contributed by atoms with Crippen molar-refractivity contribution < 1.29 is 14.8 Å². The van der Waals surface area contributed by atoms with E-state index in [1.165, 1.54) is 13.2 Å². The first-order valence-electron chi connectivity index (χ1n) is 4.60. The second-order valence-electron chi connectivity index (χ2n) is 3.13. The molecule has 1 aromatic rings. The molecule has 0 aliphatic carbocycles. The van der Waals surface area contributed by atoms with Crippen molar-refractivity contribution >= 4 is 11.8 Å². The van der Waals surface area contributed by atoms with Crippen LogP contribution in [0.2, 0.25) is 0 Å². The van der Waals surface area contributed by atoms with Crippen LogP contribution in [0.25, 0.3) is 6.08 Å². The number of allylic oxidation sites excluding steroid dienone is 1. The molecule has 0 radical (unpaired) electrons. The fourth-order valence-corrected chi connectivity index (χ4v) is 1.30. The Morgan fingerprint density at radius 1 is 1.50 bits per heavy atom. The van der Waals surface area contributed by atoms with Crippen molar-refractivity contribution in [3.63, 3.8) is 0 Å². The van der Waals surface area contributed by atoms with Gasteiger partial charge in [-0.25, -0.2) is 0 Å². The van der Waals surface area contributed by atoms with Crippen LogP contribution < -0.4 is 4.74 Å². The van der Waals surface area contributed by atoms with Gasteiger partial charge in [0.1, 0.15) is 17.7 Å². The van der Waals surface area contributed by atoms with Gasteiger partial charge < -0.3 is 9.84 Å². The highest BCUT2D eigenvalue weighted by Gasteiger charge is 2.20. The maximum absolute atomic E-state index is 10.8. The van der Waals surface area contributed by atoms with Gasteiger partial charge in [0.2, 0.25) is 5.75 Å². The third-order valence-electron chi connectivity index (χ3n) is 2.02. The van der Waals surface area contributed by atoms with Gasteiger partial charge in [0.25, 0.3) is 0 Å². The maximum atomic E-state index is 10.8. The van der Waals surface area contributed by atoms with Crippen LogP contribution >= 0.6 is 0 Å². The molecule has 0 fully saturated rings. The van der Waals surface area contributed by atoms with Crippen molar-refractivity contribution in [2.24, 2.45) is 0 Å². The third kappa shape index (κ3) is 2.54. The first-order valence-corrected chi connectivity index (χ1v) is 4.60. The lowest BCUT2D eigenvalue weighted by molar-refractivity contribution is -0.385. The Kier molecular flexibility index (Phi) is 3.85. The molecule has 18 heavy (non-hydrogen) atoms. The van der Waals surface area contributed by atoms with E-state index in [-0.39, 0.29) is 16.9 Å². The van der Waals surface area contributed by atoms with Gasteiger partial charge in [0, 0.05) is 6.07 Å². The van der Waals surface area contributed by atoms with Gasteiger partial charge >= 0.3 is 5.69 Å². The quantitative estimate of drug-likeness (QED) is 0.491. The number of phenols is 1. The van der Waals surface area contributed by atoms with Crippen molar-refractivity contribution in [3.8, 4) is 23.6 Å². The molecule has 0 amide bonds. The van der Waals surface area contributed by atoms with Crippen LogP contribution in [0.1, 0.15) is 5.56 Å². The Bertz CT molecular complexity index is 592. The van der Waals surface area contributed by atoms with Gasteiger partial charge in [-0.3, -0.25) is 10.1 Å². The van der Waals surface area contributed by atoms with Crippen LogP contribution in [0.15, 0.2) is 17.7 Å². The Morgan fingerprint density at radius 3 is 2.56 bits per heavy atom. The number of nitrogens with zero attached hydrogens (tertiary/aromatic N) is 3. The summed E-state index contributed by atoms with van der Waals surface area (Å²) in [7, 11) is 1.19. The fraction of sp³-hybridized carbons (Fsp3) is 0.0909. The number of nitro benzene ring substituents is 1. The average Bonchev–Trinajstić information content (AvgIpc) is 2.35. The van der Waals surface area contributed by atoms with Crippen LogP contribution in [0.3, 0.4) is 0 Å². The lowest BCUT2D eigenvalue weighted by atomic mass is 10.1. The smallest absolute Gasteiger partial charge is 0.315 e. The van der Waals surface area contributed by atoms with E-state index < -0.39 is 16.4 Å². The number of rotatable bonds is 3. The zero-order valence-corrected chi connectivity index (χ0v) is 9.25. The average molecular weight is 245 g/mol. The van der Waals surface area contributed by atoms with E-state index in [1.54, 1.807) is 12.1 Å². The Morgan fingerprint density at radius 2 is 2.11 bits per heavy atom. The summed E-state index contributed by atoms with van der Waals surface area (Å²) in [6.07, 6.45) is 1.13. The molecular formula is C11H7N3O4. The highest BCUT2D eigenvalue weighted by Crippen LogP contribution is 2.37. The van der Waals surface area contributed by atoms with Crippen LogP contribution in [0, 0.1) is 32.8 Å². The molecule has 0 saturated heterocycles. The van der Waals surface area contributed by atoms with Gasteiger partial charge in [-0.05, 0) is 17.7 Å². The molecule has 90 valence electrons. The zero-order chi connectivity index (χ0) is 13.7. The summed E-state index contributed by atoms with van der Waals surface area (Å²) in [4.78, 5) is 10.0. The molecule has 7 nitrogen and oxygen atoms in total. The molecule has 0 heterocycles. The van der Waals surface area contributed by atoms with Gasteiger partial charge in [-0.1, -0.05) is 0 Å². The molecule has 0 aromatic heterocycles. The number of phenolic OH excluding ortho intramolecular Hbond substituents is 1. The molecule has 0 aliphatic rings. The molecule has 1 N–H and O–H groups in total. The first kappa shape index (κ1) is 13.0. The summed E-state index contributed by atoms with van der Waals surface area (Å²) < 4.78 is 4.71. The van der Waals surface area contributed by atoms with E-state index in [0.29, 0.717) is 0 Å². The fourth-order valence-electron chi connectivity index (χ4n) is 1.30. The molecule has 0 bridgehead atoms. The Labute approximate surface area is 102 Å². The van der Waals surface area contributed by atoms with Crippen molar-refractivity contribution in [1.29, 1.82) is 10.5 Å². The van der Waals surface area contributed by atoms with Crippen LogP contribution in [0.4, 0.5) is 5.69 Å². The van der Waals surface area contributed by atoms with Crippen molar-refractivity contribution in [3.05, 3.63) is 33.4 Å². The number of benzene rings is 1. The van der Waals surface area contributed by atoms with E-state index in [0.717, 1.165) is 12.1 Å². The summed E-state index contributed by atoms with van der Waals surface area (Å²) in [5, 5.41) is 37.5. The van der Waals surface area contributed by atoms with Crippen molar-refractivity contribution in [1.82, 2.24) is 0 Å². The van der Waals surface area contributed by atoms with E-state index in [9.17, 15) is 15.2 Å². The van der Waals surface area contributed by atoms with Gasteiger partial charge in [0.15, 0.2) is 5.75 Å². The van der Waals surface area contributed by atoms with Crippen LogP contribution in [-0.4, -0.2) is 17.1 Å². The maximum Gasteiger partial charge on any atom is 0.315 e. The van der Waals surface area contributed by atoms with E-state index in [4.69, 9.17) is 15.3 Å². The number of nitriles is 2. The number of nitro groups is 1. The summed E-state index contributed by atoms with van der Waals surface area (Å²) in [5.74, 6) is -0.708. The Hall–Kier alpha value is -3.06. The molecule has 0 saturated carbocycles. The highest BCUT2D eigenvalue weighted by molar-refractivity contribution is 5.69. The molecule has 0 aliphatic heterocycles. The number of ether oxygens (including phenoxy) is 1. The second kappa shape index (κ2) is 5.32. The molecule has 1 rings (SSSR count). The predicted molar refractivity (Wildman–Crippen MR) is 60.5 cm³/mol. The minimum Gasteiger partial charge on any atom is -0.504 e. The zero-order valence-electron chi connectivity index (χ0n) is 9.25. The molecule has 1 aromatic carbocycles. The number of hydrogen-bond donors (Lipinski definition) is 1. The molecule has 0 unspecified atom stereocenters. The molecule has 7 heteroatoms. The lowest BCUT2D eigenvalue weighted by Gasteiger charge is -2.05. The largest absolute Gasteiger partial charge is 0.504 e. The van der Waals surface area contributed by atoms with Gasteiger partial charge in [-0.15, -0.1) is 0 Å². The van der Waals surface area contributed by atoms with E-state index in [1.807, 2.05) is 0 Å². The summed E-state index contributed by atoms with van der Waals surface area (Å²) in [5.41, 5.74) is -0.508. The van der Waals surface area contributed by atoms with E-state index in [2.05, 4.69) is 0 Å². The summed E-state index contributed by atoms with van der Waals surface area (Å²) >= 11 is 0. The van der Waals surface area contributed by atoms with Crippen molar-refractivity contribution in [2.75, 3.05) is 7.11 Å². The predicted octanol–water partition coefficient (Wildman–Crippen LogP) is 1.74. The van der Waals surface area contributed by atoms with Gasteiger partial charge in [0.05, 0.1) is 12.0 Å². The molecular weight excluding hydrogens is 238 g/mol. The third-order valence-corrected chi connectivity index (χ3v) is 2.02. The van der Waals surface area contributed by atoms with E-state index >= 15 is 0 Å².